The van der Waals surface area contributed by atoms with Gasteiger partial charge in [0.25, 0.3) is 0 Å². The van der Waals surface area contributed by atoms with Crippen LogP contribution >= 0.6 is 0 Å². The summed E-state index contributed by atoms with van der Waals surface area (Å²) >= 11 is 0. The summed E-state index contributed by atoms with van der Waals surface area (Å²) in [6, 6.07) is 0.377. The van der Waals surface area contributed by atoms with Crippen LogP contribution in [0, 0.1) is 0 Å². The van der Waals surface area contributed by atoms with E-state index < -0.39 is 0 Å². The Bertz CT molecular complexity index is 262. The lowest BCUT2D eigenvalue weighted by atomic mass is 10.1. The lowest BCUT2D eigenvalue weighted by molar-refractivity contribution is 0.198. The van der Waals surface area contributed by atoms with E-state index in [1.807, 2.05) is 6.20 Å². The summed E-state index contributed by atoms with van der Waals surface area (Å²) in [7, 11) is 2.13. The van der Waals surface area contributed by atoms with Gasteiger partial charge in [-0.05, 0) is 7.05 Å². The third-order valence-corrected chi connectivity index (χ3v) is 2.44. The maximum absolute atomic E-state index is 4.31. The van der Waals surface area contributed by atoms with Crippen LogP contribution in [0.1, 0.15) is 11.7 Å². The minimum absolute atomic E-state index is 0.377. The largest absolute Gasteiger partial charge is 0.313 e. The van der Waals surface area contributed by atoms with Crippen LogP contribution in [-0.4, -0.2) is 41.5 Å². The molecule has 1 aliphatic rings. The number of nitrogens with one attached hydrogen (secondary N) is 1. The van der Waals surface area contributed by atoms with E-state index in [1.165, 1.54) is 0 Å². The van der Waals surface area contributed by atoms with Crippen LogP contribution in [0.5, 0.6) is 0 Å². The zero-order valence-electron chi connectivity index (χ0n) is 7.77. The number of rotatable bonds is 1. The van der Waals surface area contributed by atoms with E-state index in [0.29, 0.717) is 6.04 Å². The number of piperazine rings is 1. The van der Waals surface area contributed by atoms with Crippen molar-refractivity contribution >= 4 is 0 Å². The van der Waals surface area contributed by atoms with Crippen molar-refractivity contribution in [1.29, 1.82) is 0 Å². The molecule has 0 radical (unpaired) electrons. The van der Waals surface area contributed by atoms with Gasteiger partial charge >= 0.3 is 0 Å². The summed E-state index contributed by atoms with van der Waals surface area (Å²) in [5.41, 5.74) is 1.05. The summed E-state index contributed by atoms with van der Waals surface area (Å²) in [4.78, 5) is 10.7. The Balaban J connectivity index is 2.15. The summed E-state index contributed by atoms with van der Waals surface area (Å²) in [6.45, 7) is 3.10. The Morgan fingerprint density at radius 3 is 3.15 bits per heavy atom. The minimum atomic E-state index is 0.377. The number of nitrogens with zero attached hydrogens (tertiary/aromatic N) is 3. The molecule has 1 unspecified atom stereocenters. The highest BCUT2D eigenvalue weighted by Crippen LogP contribution is 2.16. The fraction of sp³-hybridized carbons (Fsp3) is 0.556. The van der Waals surface area contributed by atoms with Crippen molar-refractivity contribution in [2.45, 2.75) is 6.04 Å². The Morgan fingerprint density at radius 2 is 2.46 bits per heavy atom. The van der Waals surface area contributed by atoms with Gasteiger partial charge in [0.05, 0.1) is 17.9 Å². The van der Waals surface area contributed by atoms with Crippen LogP contribution in [0.15, 0.2) is 18.6 Å². The minimum Gasteiger partial charge on any atom is -0.313 e. The Labute approximate surface area is 78.0 Å². The van der Waals surface area contributed by atoms with E-state index in [-0.39, 0.29) is 0 Å². The van der Waals surface area contributed by atoms with Gasteiger partial charge in [-0.25, -0.2) is 0 Å². The van der Waals surface area contributed by atoms with E-state index >= 15 is 0 Å². The summed E-state index contributed by atoms with van der Waals surface area (Å²) < 4.78 is 0. The Hall–Kier alpha value is -1.00. The van der Waals surface area contributed by atoms with Gasteiger partial charge in [-0.3, -0.25) is 14.9 Å². The number of aromatic nitrogens is 2. The quantitative estimate of drug-likeness (QED) is 0.660. The van der Waals surface area contributed by atoms with Crippen LogP contribution in [0.3, 0.4) is 0 Å². The molecule has 70 valence electrons. The van der Waals surface area contributed by atoms with Crippen molar-refractivity contribution < 1.29 is 0 Å². The molecular weight excluding hydrogens is 164 g/mol. The van der Waals surface area contributed by atoms with E-state index in [0.717, 1.165) is 25.3 Å². The third kappa shape index (κ3) is 1.84. The Kier molecular flexibility index (Phi) is 2.52. The van der Waals surface area contributed by atoms with Gasteiger partial charge in [-0.2, -0.15) is 0 Å². The molecule has 0 saturated carbocycles. The fourth-order valence-corrected chi connectivity index (χ4v) is 1.62. The van der Waals surface area contributed by atoms with Gasteiger partial charge in [-0.15, -0.1) is 0 Å². The predicted molar refractivity (Wildman–Crippen MR) is 50.3 cm³/mol. The van der Waals surface area contributed by atoms with Crippen molar-refractivity contribution in [2.75, 3.05) is 26.7 Å². The Morgan fingerprint density at radius 1 is 1.54 bits per heavy atom. The van der Waals surface area contributed by atoms with E-state index in [9.17, 15) is 0 Å². The molecule has 1 N–H and O–H groups in total. The fourth-order valence-electron chi connectivity index (χ4n) is 1.62. The highest BCUT2D eigenvalue weighted by molar-refractivity contribution is 5.04. The van der Waals surface area contributed by atoms with Gasteiger partial charge in [0.2, 0.25) is 0 Å². The van der Waals surface area contributed by atoms with E-state index in [1.54, 1.807) is 12.4 Å². The highest BCUT2D eigenvalue weighted by Gasteiger charge is 2.20. The SMILES string of the molecule is CN1CCNCC1c1cnccn1. The molecule has 2 heterocycles. The van der Waals surface area contributed by atoms with E-state index in [2.05, 4.69) is 27.2 Å². The predicted octanol–water partition coefficient (Wildman–Crippen LogP) is 0.0527. The first-order valence-electron chi connectivity index (χ1n) is 4.55. The molecular formula is C9H14N4. The van der Waals surface area contributed by atoms with Crippen molar-refractivity contribution in [1.82, 2.24) is 20.2 Å². The zero-order chi connectivity index (χ0) is 9.10. The molecule has 1 aromatic heterocycles. The van der Waals surface area contributed by atoms with E-state index in [4.69, 9.17) is 0 Å². The molecule has 0 bridgehead atoms. The molecule has 4 nitrogen and oxygen atoms in total. The first kappa shape index (κ1) is 8.59. The second-order valence-electron chi connectivity index (χ2n) is 3.33. The topological polar surface area (TPSA) is 41.0 Å². The molecule has 0 aromatic carbocycles. The average molecular weight is 178 g/mol. The summed E-state index contributed by atoms with van der Waals surface area (Å²) in [6.07, 6.45) is 5.30. The molecule has 2 rings (SSSR count). The van der Waals surface area contributed by atoms with Gasteiger partial charge in [0.15, 0.2) is 0 Å². The lowest BCUT2D eigenvalue weighted by Crippen LogP contribution is -2.44. The van der Waals surface area contributed by atoms with Crippen LogP contribution < -0.4 is 5.32 Å². The maximum atomic E-state index is 4.31. The molecule has 1 saturated heterocycles. The molecule has 1 aliphatic heterocycles. The number of likely N-dealkylation sites (N-methyl/N-ethyl adjacent to an activating group) is 1. The average Bonchev–Trinajstić information content (AvgIpc) is 2.20. The smallest absolute Gasteiger partial charge is 0.0771 e. The van der Waals surface area contributed by atoms with Crippen molar-refractivity contribution in [3.8, 4) is 0 Å². The van der Waals surface area contributed by atoms with Crippen LogP contribution in [0.2, 0.25) is 0 Å². The molecule has 0 aliphatic carbocycles. The highest BCUT2D eigenvalue weighted by atomic mass is 15.2. The molecule has 1 aromatic rings. The van der Waals surface area contributed by atoms with Crippen molar-refractivity contribution in [3.63, 3.8) is 0 Å². The number of hydrogen-bond donors (Lipinski definition) is 1. The molecule has 13 heavy (non-hydrogen) atoms. The first-order valence-corrected chi connectivity index (χ1v) is 4.55. The maximum Gasteiger partial charge on any atom is 0.0771 e. The van der Waals surface area contributed by atoms with Crippen molar-refractivity contribution in [2.24, 2.45) is 0 Å². The molecule has 0 spiro atoms. The van der Waals surface area contributed by atoms with Gasteiger partial charge < -0.3 is 5.32 Å². The van der Waals surface area contributed by atoms with Gasteiger partial charge in [0, 0.05) is 32.0 Å². The van der Waals surface area contributed by atoms with Crippen LogP contribution in [-0.2, 0) is 0 Å². The molecule has 4 heteroatoms. The second-order valence-corrected chi connectivity index (χ2v) is 3.33. The van der Waals surface area contributed by atoms with Crippen molar-refractivity contribution in [3.05, 3.63) is 24.3 Å². The van der Waals surface area contributed by atoms with Gasteiger partial charge in [-0.1, -0.05) is 0 Å². The first-order chi connectivity index (χ1) is 6.38. The summed E-state index contributed by atoms with van der Waals surface area (Å²) in [5, 5.41) is 3.35. The molecule has 1 fully saturated rings. The lowest BCUT2D eigenvalue weighted by Gasteiger charge is -2.32. The molecule has 1 atom stereocenters. The monoisotopic (exact) mass is 178 g/mol. The second kappa shape index (κ2) is 3.81. The standard InChI is InChI=1S/C9H14N4/c1-13-5-4-11-7-9(13)8-6-10-2-3-12-8/h2-3,6,9,11H,4-5,7H2,1H3. The molecule has 0 amide bonds. The van der Waals surface area contributed by atoms with Gasteiger partial charge in [0.1, 0.15) is 0 Å². The normalized spacial score (nSPS) is 24.5. The zero-order valence-corrected chi connectivity index (χ0v) is 7.77. The van der Waals surface area contributed by atoms with Crippen LogP contribution in [0.4, 0.5) is 0 Å². The third-order valence-electron chi connectivity index (χ3n) is 2.44. The van der Waals surface area contributed by atoms with Crippen LogP contribution in [0.25, 0.3) is 0 Å². The number of hydrogen-bond acceptors (Lipinski definition) is 4. The summed E-state index contributed by atoms with van der Waals surface area (Å²) in [5.74, 6) is 0.